The lowest BCUT2D eigenvalue weighted by atomic mass is 10.0. The van der Waals surface area contributed by atoms with E-state index in [1.807, 2.05) is 21.1 Å². The van der Waals surface area contributed by atoms with Gasteiger partial charge in [0, 0.05) is 6.42 Å². The molecule has 0 heterocycles. The number of hydrogen-bond acceptors (Lipinski definition) is 6. The molecule has 8 nitrogen and oxygen atoms in total. The Labute approximate surface area is 322 Å². The van der Waals surface area contributed by atoms with Crippen LogP contribution in [0.1, 0.15) is 206 Å². The van der Waals surface area contributed by atoms with Gasteiger partial charge in [0.15, 0.2) is 0 Å². The third-order valence-electron chi connectivity index (χ3n) is 10.0. The van der Waals surface area contributed by atoms with E-state index in [0.29, 0.717) is 23.9 Å². The molecule has 0 aromatic rings. The second kappa shape index (κ2) is 35.9. The summed E-state index contributed by atoms with van der Waals surface area (Å²) in [6, 6.07) is -0.791. The van der Waals surface area contributed by atoms with E-state index in [1.165, 1.54) is 141 Å². The zero-order chi connectivity index (χ0) is 38.6. The minimum absolute atomic E-state index is 0.0125. The highest BCUT2D eigenvalue weighted by atomic mass is 31.2. The highest BCUT2D eigenvalue weighted by molar-refractivity contribution is 7.45. The predicted octanol–water partition coefficient (Wildman–Crippen LogP) is 11.3. The van der Waals surface area contributed by atoms with Crippen molar-refractivity contribution < 1.29 is 32.9 Å². The number of phosphoric acid groups is 1. The average Bonchev–Trinajstić information content (AvgIpc) is 3.09. The Morgan fingerprint density at radius 2 is 1.06 bits per heavy atom. The number of rotatable bonds is 40. The molecule has 0 aliphatic carbocycles. The molecular weight excluding hydrogens is 671 g/mol. The minimum Gasteiger partial charge on any atom is -0.756 e. The SMILES string of the molecule is CCCCCCCCCC/C=C\CCCCCCCCCCCCCCCCCC(=O)NC(COP(=O)([O-])OCC[N+](C)(C)C)C(O)CCCCC. The second-order valence-electron chi connectivity index (χ2n) is 16.4. The molecule has 0 bridgehead atoms. The van der Waals surface area contributed by atoms with Crippen LogP contribution >= 0.6 is 7.82 Å². The molecule has 0 aliphatic rings. The monoisotopic (exact) mass is 759 g/mol. The Bertz CT molecular complexity index is 865. The number of carbonyl (C=O) groups is 1. The number of allylic oxidation sites excluding steroid dienone is 2. The molecule has 0 saturated heterocycles. The summed E-state index contributed by atoms with van der Waals surface area (Å²) in [5, 5.41) is 13.5. The van der Waals surface area contributed by atoms with E-state index in [1.54, 1.807) is 0 Å². The molecule has 3 atom stereocenters. The van der Waals surface area contributed by atoms with E-state index in [2.05, 4.69) is 31.3 Å². The fraction of sp³-hybridized carbons (Fsp3) is 0.930. The molecule has 0 spiro atoms. The Morgan fingerprint density at radius 1 is 0.654 bits per heavy atom. The molecule has 9 heteroatoms. The van der Waals surface area contributed by atoms with E-state index in [4.69, 9.17) is 9.05 Å². The van der Waals surface area contributed by atoms with Gasteiger partial charge in [-0.25, -0.2) is 0 Å². The van der Waals surface area contributed by atoms with Crippen LogP contribution < -0.4 is 10.2 Å². The van der Waals surface area contributed by atoms with Gasteiger partial charge >= 0.3 is 0 Å². The van der Waals surface area contributed by atoms with Crippen molar-refractivity contribution in [2.24, 2.45) is 0 Å². The quantitative estimate of drug-likeness (QED) is 0.0279. The number of nitrogens with zero attached hydrogens (tertiary/aromatic N) is 1. The average molecular weight is 759 g/mol. The number of nitrogens with one attached hydrogen (secondary N) is 1. The van der Waals surface area contributed by atoms with Gasteiger partial charge in [-0.1, -0.05) is 174 Å². The summed E-state index contributed by atoms with van der Waals surface area (Å²) in [5.41, 5.74) is 0. The first-order valence-electron chi connectivity index (χ1n) is 22.0. The van der Waals surface area contributed by atoms with Crippen LogP contribution in [0, 0.1) is 0 Å². The normalized spacial score (nSPS) is 14.5. The highest BCUT2D eigenvalue weighted by Gasteiger charge is 2.24. The van der Waals surface area contributed by atoms with Crippen LogP contribution in [0.5, 0.6) is 0 Å². The summed E-state index contributed by atoms with van der Waals surface area (Å²) in [4.78, 5) is 24.9. The Balaban J connectivity index is 3.80. The highest BCUT2D eigenvalue weighted by Crippen LogP contribution is 2.38. The molecule has 0 fully saturated rings. The third kappa shape index (κ3) is 37.6. The number of amides is 1. The largest absolute Gasteiger partial charge is 0.756 e. The maximum atomic E-state index is 12.7. The van der Waals surface area contributed by atoms with Crippen molar-refractivity contribution >= 4 is 13.7 Å². The first kappa shape index (κ1) is 51.2. The number of aliphatic hydroxyl groups is 1. The van der Waals surface area contributed by atoms with Gasteiger partial charge in [-0.05, 0) is 38.5 Å². The van der Waals surface area contributed by atoms with Gasteiger partial charge in [-0.3, -0.25) is 9.36 Å². The number of quaternary nitrogens is 1. The van der Waals surface area contributed by atoms with E-state index in [9.17, 15) is 19.4 Å². The Morgan fingerprint density at radius 3 is 1.50 bits per heavy atom. The first-order chi connectivity index (χ1) is 25.0. The lowest BCUT2D eigenvalue weighted by Crippen LogP contribution is -2.46. The lowest BCUT2D eigenvalue weighted by molar-refractivity contribution is -0.870. The van der Waals surface area contributed by atoms with Crippen LogP contribution in [0.4, 0.5) is 0 Å². The van der Waals surface area contributed by atoms with Crippen LogP contribution in [0.25, 0.3) is 0 Å². The van der Waals surface area contributed by atoms with Gasteiger partial charge in [0.2, 0.25) is 5.91 Å². The summed E-state index contributed by atoms with van der Waals surface area (Å²) < 4.78 is 22.9. The molecule has 310 valence electrons. The molecule has 0 saturated carbocycles. The molecular formula is C43H87N2O6P. The van der Waals surface area contributed by atoms with E-state index in [-0.39, 0.29) is 19.1 Å². The zero-order valence-electron chi connectivity index (χ0n) is 35.0. The first-order valence-corrected chi connectivity index (χ1v) is 23.5. The number of carbonyl (C=O) groups excluding carboxylic acids is 1. The van der Waals surface area contributed by atoms with E-state index < -0.39 is 20.0 Å². The summed E-state index contributed by atoms with van der Waals surface area (Å²) >= 11 is 0. The molecule has 1 amide bonds. The van der Waals surface area contributed by atoms with E-state index in [0.717, 1.165) is 38.5 Å². The van der Waals surface area contributed by atoms with Gasteiger partial charge in [0.1, 0.15) is 13.2 Å². The van der Waals surface area contributed by atoms with E-state index >= 15 is 0 Å². The molecule has 2 N–H and O–H groups in total. The number of unbranched alkanes of at least 4 members (excludes halogenated alkanes) is 25. The molecule has 0 radical (unpaired) electrons. The minimum atomic E-state index is -4.53. The summed E-state index contributed by atoms with van der Waals surface area (Å²) in [6.07, 6.45) is 40.3. The van der Waals surface area contributed by atoms with Crippen molar-refractivity contribution in [3.63, 3.8) is 0 Å². The van der Waals surface area contributed by atoms with Crippen LogP contribution in [0.3, 0.4) is 0 Å². The number of aliphatic hydroxyl groups excluding tert-OH is 1. The topological polar surface area (TPSA) is 108 Å². The van der Waals surface area contributed by atoms with Crippen LogP contribution in [0.15, 0.2) is 12.2 Å². The standard InChI is InChI=1S/C43H87N2O6P/c1-6-8-10-11-12-13-14-15-16-17-18-19-20-21-22-23-24-25-26-27-28-29-30-31-32-33-35-37-43(47)44-41(42(46)36-34-9-7-2)40-51-52(48,49)50-39-38-45(3,4)5/h17-18,41-42,46H,6-16,19-40H2,1-5H3,(H-,44,47,48,49)/b18-17-. The maximum Gasteiger partial charge on any atom is 0.268 e. The maximum absolute atomic E-state index is 12.7. The number of phosphoric ester groups is 1. The lowest BCUT2D eigenvalue weighted by Gasteiger charge is -2.30. The summed E-state index contributed by atoms with van der Waals surface area (Å²) in [5.74, 6) is -0.174. The van der Waals surface area contributed by atoms with Gasteiger partial charge in [-0.15, -0.1) is 0 Å². The van der Waals surface area contributed by atoms with Crippen LogP contribution in [-0.2, 0) is 18.4 Å². The van der Waals surface area contributed by atoms with Gasteiger partial charge in [0.25, 0.3) is 7.82 Å². The van der Waals surface area contributed by atoms with Gasteiger partial charge in [-0.2, -0.15) is 0 Å². The van der Waals surface area contributed by atoms with Crippen molar-refractivity contribution in [1.29, 1.82) is 0 Å². The summed E-state index contributed by atoms with van der Waals surface area (Å²) in [7, 11) is 1.30. The van der Waals surface area contributed by atoms with Crippen molar-refractivity contribution in [2.45, 2.75) is 219 Å². The molecule has 3 unspecified atom stereocenters. The summed E-state index contributed by atoms with van der Waals surface area (Å²) in [6.45, 7) is 4.55. The molecule has 0 rings (SSSR count). The van der Waals surface area contributed by atoms with Crippen molar-refractivity contribution in [3.8, 4) is 0 Å². The Hall–Kier alpha value is -0.760. The number of likely N-dealkylation sites (N-methyl/N-ethyl adjacent to an activating group) is 1. The van der Waals surface area contributed by atoms with Gasteiger partial charge < -0.3 is 28.8 Å². The molecule has 0 aromatic heterocycles. The van der Waals surface area contributed by atoms with Crippen LogP contribution in [0.2, 0.25) is 0 Å². The fourth-order valence-corrected chi connectivity index (χ4v) is 7.17. The Kier molecular flexibility index (Phi) is 35.4. The van der Waals surface area contributed by atoms with Crippen molar-refractivity contribution in [2.75, 3.05) is 40.9 Å². The molecule has 52 heavy (non-hydrogen) atoms. The second-order valence-corrected chi connectivity index (χ2v) is 17.8. The third-order valence-corrected chi connectivity index (χ3v) is 11.0. The van der Waals surface area contributed by atoms with Crippen molar-refractivity contribution in [1.82, 2.24) is 5.32 Å². The van der Waals surface area contributed by atoms with Crippen molar-refractivity contribution in [3.05, 3.63) is 12.2 Å². The predicted molar refractivity (Wildman–Crippen MR) is 219 cm³/mol. The smallest absolute Gasteiger partial charge is 0.268 e. The zero-order valence-corrected chi connectivity index (χ0v) is 35.9. The molecule has 0 aliphatic heterocycles. The van der Waals surface area contributed by atoms with Crippen LogP contribution in [-0.4, -0.2) is 68.5 Å². The number of hydrogen-bond donors (Lipinski definition) is 2. The van der Waals surface area contributed by atoms with Gasteiger partial charge in [0.05, 0.1) is 39.9 Å². The molecule has 0 aromatic carbocycles. The fourth-order valence-electron chi connectivity index (χ4n) is 6.45.